The molecule has 5 nitrogen and oxygen atoms in total. The van der Waals surface area contributed by atoms with E-state index in [0.717, 1.165) is 16.7 Å². The fourth-order valence-electron chi connectivity index (χ4n) is 2.83. The minimum Gasteiger partial charge on any atom is -0.478 e. The molecular weight excluding hydrogens is 388 g/mol. The van der Waals surface area contributed by atoms with Crippen LogP contribution in [-0.4, -0.2) is 17.0 Å². The normalized spacial score (nSPS) is 13.1. The highest BCUT2D eigenvalue weighted by Gasteiger charge is 2.15. The maximum Gasteiger partial charge on any atom is 0.335 e. The number of rotatable bonds is 8. The van der Waals surface area contributed by atoms with Crippen LogP contribution in [-0.2, 0) is 11.2 Å². The van der Waals surface area contributed by atoms with Gasteiger partial charge >= 0.3 is 5.97 Å². The molecule has 1 atom stereocenters. The minimum atomic E-state index is -0.983. The quantitative estimate of drug-likeness (QED) is 0.435. The fourth-order valence-corrected chi connectivity index (χ4v) is 3.05. The number of nitrogens with two attached hydrogens (primary N) is 1. The van der Waals surface area contributed by atoms with Crippen LogP contribution in [0.15, 0.2) is 72.0 Å². The van der Waals surface area contributed by atoms with Crippen LogP contribution in [0.2, 0.25) is 5.02 Å². The summed E-state index contributed by atoms with van der Waals surface area (Å²) in [5.74, 6) is -1.17. The number of aryl methyl sites for hydroxylation is 1. The Bertz CT molecular complexity index is 933. The van der Waals surface area contributed by atoms with Gasteiger partial charge in [-0.1, -0.05) is 35.9 Å². The Labute approximate surface area is 175 Å². The van der Waals surface area contributed by atoms with Crippen molar-refractivity contribution in [1.29, 1.82) is 0 Å². The first-order chi connectivity index (χ1) is 13.8. The van der Waals surface area contributed by atoms with Gasteiger partial charge in [0.2, 0.25) is 5.91 Å². The monoisotopic (exact) mass is 412 g/mol. The molecule has 0 spiro atoms. The van der Waals surface area contributed by atoms with E-state index in [1.807, 2.05) is 38.1 Å². The number of hydrogen-bond donors (Lipinski definition) is 3. The molecule has 0 aliphatic heterocycles. The standard InChI is InChI=1S/C23H25ClN2O3/c1-15(14-25)12-20(7-6-17-4-3-5-21(24)13-17)22(27)26-16(2)18-8-10-19(11-9-18)23(28)29/h3-5,8-14,16H,6-7,25H2,1-2H3,(H,26,27)(H,28,29)/b15-14-,20-12+. The van der Waals surface area contributed by atoms with Gasteiger partial charge in [0.05, 0.1) is 11.6 Å². The van der Waals surface area contributed by atoms with Crippen molar-refractivity contribution in [2.24, 2.45) is 5.73 Å². The van der Waals surface area contributed by atoms with Crippen LogP contribution in [0.1, 0.15) is 47.8 Å². The summed E-state index contributed by atoms with van der Waals surface area (Å²) in [6.45, 7) is 3.69. The highest BCUT2D eigenvalue weighted by Crippen LogP contribution is 2.18. The number of carbonyl (C=O) groups excluding carboxylic acids is 1. The zero-order valence-corrected chi connectivity index (χ0v) is 17.2. The van der Waals surface area contributed by atoms with Crippen molar-refractivity contribution in [2.45, 2.75) is 32.7 Å². The maximum absolute atomic E-state index is 12.9. The number of carboxylic acid groups (broad SMARTS) is 1. The average molecular weight is 413 g/mol. The smallest absolute Gasteiger partial charge is 0.335 e. The van der Waals surface area contributed by atoms with Gasteiger partial charge in [0, 0.05) is 10.6 Å². The highest BCUT2D eigenvalue weighted by molar-refractivity contribution is 6.30. The summed E-state index contributed by atoms with van der Waals surface area (Å²) in [5, 5.41) is 12.6. The third kappa shape index (κ3) is 6.80. The van der Waals surface area contributed by atoms with E-state index in [1.165, 1.54) is 18.3 Å². The molecule has 2 aromatic rings. The van der Waals surface area contributed by atoms with Crippen molar-refractivity contribution in [1.82, 2.24) is 5.32 Å². The Hall–Kier alpha value is -3.05. The van der Waals surface area contributed by atoms with Gasteiger partial charge in [0.15, 0.2) is 0 Å². The molecule has 0 bridgehead atoms. The Morgan fingerprint density at radius 1 is 1.21 bits per heavy atom. The van der Waals surface area contributed by atoms with Crippen LogP contribution < -0.4 is 11.1 Å². The maximum atomic E-state index is 12.9. The van der Waals surface area contributed by atoms with Crippen molar-refractivity contribution in [3.63, 3.8) is 0 Å². The van der Waals surface area contributed by atoms with Crippen LogP contribution in [0.3, 0.4) is 0 Å². The Morgan fingerprint density at radius 3 is 2.48 bits per heavy atom. The molecule has 2 aromatic carbocycles. The lowest BCUT2D eigenvalue weighted by atomic mass is 10.0. The molecule has 1 amide bonds. The summed E-state index contributed by atoms with van der Waals surface area (Å²) in [4.78, 5) is 23.9. The molecule has 29 heavy (non-hydrogen) atoms. The van der Waals surface area contributed by atoms with Crippen molar-refractivity contribution >= 4 is 23.5 Å². The van der Waals surface area contributed by atoms with Gasteiger partial charge < -0.3 is 16.2 Å². The van der Waals surface area contributed by atoms with Crippen molar-refractivity contribution in [3.8, 4) is 0 Å². The molecule has 0 saturated heterocycles. The first-order valence-electron chi connectivity index (χ1n) is 9.27. The largest absolute Gasteiger partial charge is 0.478 e. The molecule has 152 valence electrons. The predicted molar refractivity (Wildman–Crippen MR) is 116 cm³/mol. The third-order valence-corrected chi connectivity index (χ3v) is 4.77. The molecule has 0 heterocycles. The first kappa shape index (κ1) is 22.2. The number of amides is 1. The lowest BCUT2D eigenvalue weighted by molar-refractivity contribution is -0.118. The molecule has 1 unspecified atom stereocenters. The Kier molecular flexibility index (Phi) is 8.04. The molecule has 0 aliphatic carbocycles. The van der Waals surface area contributed by atoms with Gasteiger partial charge in [-0.15, -0.1) is 0 Å². The van der Waals surface area contributed by atoms with Crippen LogP contribution in [0.4, 0.5) is 0 Å². The summed E-state index contributed by atoms with van der Waals surface area (Å²) in [6, 6.07) is 13.7. The van der Waals surface area contributed by atoms with Crippen molar-refractivity contribution < 1.29 is 14.7 Å². The number of allylic oxidation sites excluding steroid dienone is 2. The van der Waals surface area contributed by atoms with Gasteiger partial charge in [-0.3, -0.25) is 4.79 Å². The van der Waals surface area contributed by atoms with E-state index in [9.17, 15) is 9.59 Å². The molecule has 2 rings (SSSR count). The van der Waals surface area contributed by atoms with Crippen molar-refractivity contribution in [3.05, 3.63) is 93.7 Å². The van der Waals surface area contributed by atoms with E-state index in [0.29, 0.717) is 23.4 Å². The van der Waals surface area contributed by atoms with Crippen molar-refractivity contribution in [2.75, 3.05) is 0 Å². The predicted octanol–water partition coefficient (Wildman–Crippen LogP) is 4.64. The van der Waals surface area contributed by atoms with E-state index >= 15 is 0 Å². The average Bonchev–Trinajstić information content (AvgIpc) is 2.70. The molecule has 0 saturated carbocycles. The van der Waals surface area contributed by atoms with Crippen LogP contribution in [0, 0.1) is 0 Å². The van der Waals surface area contributed by atoms with Crippen LogP contribution >= 0.6 is 11.6 Å². The number of aromatic carboxylic acids is 1. The fraction of sp³-hybridized carbons (Fsp3) is 0.217. The zero-order valence-electron chi connectivity index (χ0n) is 16.5. The van der Waals surface area contributed by atoms with Crippen LogP contribution in [0.25, 0.3) is 0 Å². The van der Waals surface area contributed by atoms with Gasteiger partial charge in [0.25, 0.3) is 0 Å². The number of nitrogens with one attached hydrogen (secondary N) is 1. The number of benzene rings is 2. The van der Waals surface area contributed by atoms with E-state index < -0.39 is 5.97 Å². The molecule has 6 heteroatoms. The Morgan fingerprint density at radius 2 is 1.90 bits per heavy atom. The second kappa shape index (κ2) is 10.5. The SMILES string of the molecule is CC(=C/N)/C=C(\CCc1cccc(Cl)c1)C(=O)NC(C)c1ccc(C(=O)O)cc1. The van der Waals surface area contributed by atoms with Crippen LogP contribution in [0.5, 0.6) is 0 Å². The molecular formula is C23H25ClN2O3. The molecule has 0 radical (unpaired) electrons. The van der Waals surface area contributed by atoms with E-state index in [-0.39, 0.29) is 17.5 Å². The first-order valence-corrected chi connectivity index (χ1v) is 9.65. The van der Waals surface area contributed by atoms with Gasteiger partial charge in [0.1, 0.15) is 0 Å². The summed E-state index contributed by atoms with van der Waals surface area (Å²) >= 11 is 6.04. The summed E-state index contributed by atoms with van der Waals surface area (Å²) in [5.41, 5.74) is 9.05. The summed E-state index contributed by atoms with van der Waals surface area (Å²) in [7, 11) is 0. The second-order valence-electron chi connectivity index (χ2n) is 6.83. The summed E-state index contributed by atoms with van der Waals surface area (Å²) in [6.07, 6.45) is 4.43. The van der Waals surface area contributed by atoms with E-state index in [1.54, 1.807) is 18.2 Å². The number of halogens is 1. The van der Waals surface area contributed by atoms with Gasteiger partial charge in [-0.2, -0.15) is 0 Å². The molecule has 0 aromatic heterocycles. The third-order valence-electron chi connectivity index (χ3n) is 4.53. The molecule has 0 fully saturated rings. The molecule has 4 N–H and O–H groups in total. The Balaban J connectivity index is 2.12. The second-order valence-corrected chi connectivity index (χ2v) is 7.27. The number of carbonyl (C=O) groups is 2. The van der Waals surface area contributed by atoms with Gasteiger partial charge in [-0.05, 0) is 79.9 Å². The van der Waals surface area contributed by atoms with Gasteiger partial charge in [-0.25, -0.2) is 4.79 Å². The van der Waals surface area contributed by atoms with E-state index in [4.69, 9.17) is 22.4 Å². The zero-order chi connectivity index (χ0) is 21.4. The topological polar surface area (TPSA) is 92.4 Å². The number of carboxylic acids is 1. The molecule has 0 aliphatic rings. The van der Waals surface area contributed by atoms with E-state index in [2.05, 4.69) is 5.32 Å². The minimum absolute atomic E-state index is 0.192. The lowest BCUT2D eigenvalue weighted by Crippen LogP contribution is -2.28. The number of hydrogen-bond acceptors (Lipinski definition) is 3. The summed E-state index contributed by atoms with van der Waals surface area (Å²) < 4.78 is 0. The highest BCUT2D eigenvalue weighted by atomic mass is 35.5. The lowest BCUT2D eigenvalue weighted by Gasteiger charge is -2.16.